The standard InChI is InChI=1S/C27H27ClFN5O/c28-23-6-2-1-5-21(23)17-30-27(35)33-15-13-32(14-16-33)19-26-31-24-7-3-4-8-25(24)34(26)18-20-9-11-22(29)12-10-20/h1-12H,13-19H2,(H,30,35). The molecule has 180 valence electrons. The van der Waals surface area contributed by atoms with Gasteiger partial charge in [0, 0.05) is 44.3 Å². The Balaban J connectivity index is 1.22. The summed E-state index contributed by atoms with van der Waals surface area (Å²) in [7, 11) is 0. The van der Waals surface area contributed by atoms with Crippen LogP contribution in [-0.2, 0) is 19.6 Å². The average Bonchev–Trinajstić information content (AvgIpc) is 3.22. The fourth-order valence-corrected chi connectivity index (χ4v) is 4.63. The Morgan fingerprint density at radius 3 is 2.40 bits per heavy atom. The van der Waals surface area contributed by atoms with Crippen molar-refractivity contribution in [1.82, 2.24) is 24.7 Å². The first-order chi connectivity index (χ1) is 17.1. The van der Waals surface area contributed by atoms with E-state index in [1.165, 1.54) is 12.1 Å². The molecule has 5 rings (SSSR count). The van der Waals surface area contributed by atoms with E-state index in [-0.39, 0.29) is 11.8 Å². The maximum absolute atomic E-state index is 13.4. The number of urea groups is 1. The molecule has 1 N–H and O–H groups in total. The molecule has 1 aliphatic rings. The van der Waals surface area contributed by atoms with E-state index in [9.17, 15) is 9.18 Å². The predicted octanol–water partition coefficient (Wildman–Crippen LogP) is 4.90. The molecule has 4 aromatic rings. The Morgan fingerprint density at radius 2 is 1.63 bits per heavy atom. The average molecular weight is 492 g/mol. The van der Waals surface area contributed by atoms with Crippen LogP contribution in [0.2, 0.25) is 5.02 Å². The number of aromatic nitrogens is 2. The van der Waals surface area contributed by atoms with Crippen LogP contribution in [0.3, 0.4) is 0 Å². The van der Waals surface area contributed by atoms with Crippen LogP contribution in [0.25, 0.3) is 11.0 Å². The third kappa shape index (κ3) is 5.47. The summed E-state index contributed by atoms with van der Waals surface area (Å²) in [5.74, 6) is 0.727. The Morgan fingerprint density at radius 1 is 0.914 bits per heavy atom. The summed E-state index contributed by atoms with van der Waals surface area (Å²) < 4.78 is 15.6. The number of para-hydroxylation sites is 2. The molecular formula is C27H27ClFN5O. The summed E-state index contributed by atoms with van der Waals surface area (Å²) in [6.45, 7) is 4.54. The summed E-state index contributed by atoms with van der Waals surface area (Å²) in [4.78, 5) is 21.7. The number of benzene rings is 3. The second-order valence-electron chi connectivity index (χ2n) is 8.74. The Labute approximate surface area is 208 Å². The van der Waals surface area contributed by atoms with Crippen molar-refractivity contribution >= 4 is 28.7 Å². The molecule has 0 radical (unpaired) electrons. The smallest absolute Gasteiger partial charge is 0.317 e. The maximum atomic E-state index is 13.4. The molecule has 0 spiro atoms. The molecule has 35 heavy (non-hydrogen) atoms. The van der Waals surface area contributed by atoms with Crippen LogP contribution >= 0.6 is 11.6 Å². The lowest BCUT2D eigenvalue weighted by molar-refractivity contribution is 0.132. The lowest BCUT2D eigenvalue weighted by Crippen LogP contribution is -2.51. The van der Waals surface area contributed by atoms with E-state index < -0.39 is 0 Å². The zero-order chi connectivity index (χ0) is 24.2. The first kappa shape index (κ1) is 23.3. The molecule has 0 bridgehead atoms. The molecule has 3 aromatic carbocycles. The van der Waals surface area contributed by atoms with E-state index in [1.807, 2.05) is 59.5 Å². The second kappa shape index (κ2) is 10.5. The second-order valence-corrected chi connectivity index (χ2v) is 9.15. The number of carbonyl (C=O) groups is 1. The van der Waals surface area contributed by atoms with Crippen LogP contribution in [-0.4, -0.2) is 51.6 Å². The lowest BCUT2D eigenvalue weighted by atomic mass is 10.2. The van der Waals surface area contributed by atoms with E-state index in [4.69, 9.17) is 16.6 Å². The lowest BCUT2D eigenvalue weighted by Gasteiger charge is -2.34. The highest BCUT2D eigenvalue weighted by Gasteiger charge is 2.23. The molecule has 0 unspecified atom stereocenters. The van der Waals surface area contributed by atoms with Crippen molar-refractivity contribution < 1.29 is 9.18 Å². The van der Waals surface area contributed by atoms with Gasteiger partial charge < -0.3 is 14.8 Å². The van der Waals surface area contributed by atoms with Gasteiger partial charge in [0.05, 0.1) is 17.6 Å². The molecular weight excluding hydrogens is 465 g/mol. The normalized spacial score (nSPS) is 14.4. The van der Waals surface area contributed by atoms with Crippen molar-refractivity contribution in [2.24, 2.45) is 0 Å². The van der Waals surface area contributed by atoms with Crippen molar-refractivity contribution in [3.63, 3.8) is 0 Å². The summed E-state index contributed by atoms with van der Waals surface area (Å²) in [6, 6.07) is 22.1. The number of fused-ring (bicyclic) bond motifs is 1. The number of amides is 2. The molecule has 2 amide bonds. The highest BCUT2D eigenvalue weighted by Crippen LogP contribution is 2.20. The first-order valence-electron chi connectivity index (χ1n) is 11.7. The molecule has 6 nitrogen and oxygen atoms in total. The predicted molar refractivity (Wildman–Crippen MR) is 136 cm³/mol. The number of carbonyl (C=O) groups excluding carboxylic acids is 1. The van der Waals surface area contributed by atoms with E-state index in [0.717, 1.165) is 41.1 Å². The Hall–Kier alpha value is -3.42. The van der Waals surface area contributed by atoms with Crippen LogP contribution in [0.15, 0.2) is 72.8 Å². The van der Waals surface area contributed by atoms with Gasteiger partial charge in [-0.1, -0.05) is 54.1 Å². The Bertz CT molecular complexity index is 1310. The van der Waals surface area contributed by atoms with E-state index in [0.29, 0.717) is 37.7 Å². The van der Waals surface area contributed by atoms with Gasteiger partial charge in [-0.2, -0.15) is 0 Å². The minimum atomic E-state index is -0.238. The van der Waals surface area contributed by atoms with Gasteiger partial charge in [-0.05, 0) is 41.5 Å². The van der Waals surface area contributed by atoms with Crippen LogP contribution < -0.4 is 5.32 Å². The molecule has 0 atom stereocenters. The molecule has 1 fully saturated rings. The number of hydrogen-bond acceptors (Lipinski definition) is 3. The summed E-state index contributed by atoms with van der Waals surface area (Å²) in [5.41, 5.74) is 3.93. The molecule has 0 aliphatic carbocycles. The third-order valence-electron chi connectivity index (χ3n) is 6.40. The van der Waals surface area contributed by atoms with Crippen molar-refractivity contribution in [3.05, 3.63) is 101 Å². The van der Waals surface area contributed by atoms with Gasteiger partial charge in [0.25, 0.3) is 0 Å². The molecule has 0 saturated carbocycles. The Kier molecular flexibility index (Phi) is 6.97. The van der Waals surface area contributed by atoms with E-state index in [2.05, 4.69) is 20.9 Å². The number of rotatable bonds is 6. The third-order valence-corrected chi connectivity index (χ3v) is 6.77. The fraction of sp³-hybridized carbons (Fsp3) is 0.259. The zero-order valence-electron chi connectivity index (χ0n) is 19.3. The van der Waals surface area contributed by atoms with Crippen molar-refractivity contribution in [1.29, 1.82) is 0 Å². The number of nitrogens with one attached hydrogen (secondary N) is 1. The van der Waals surface area contributed by atoms with Crippen molar-refractivity contribution in [3.8, 4) is 0 Å². The minimum absolute atomic E-state index is 0.0758. The van der Waals surface area contributed by atoms with Crippen LogP contribution in [0, 0.1) is 5.82 Å². The van der Waals surface area contributed by atoms with Crippen molar-refractivity contribution in [2.45, 2.75) is 19.6 Å². The number of piperazine rings is 1. The van der Waals surface area contributed by atoms with Gasteiger partial charge in [0.2, 0.25) is 0 Å². The summed E-state index contributed by atoms with van der Waals surface area (Å²) >= 11 is 6.19. The summed E-state index contributed by atoms with van der Waals surface area (Å²) in [5, 5.41) is 3.63. The summed E-state index contributed by atoms with van der Waals surface area (Å²) in [6.07, 6.45) is 0. The van der Waals surface area contributed by atoms with Gasteiger partial charge in [-0.25, -0.2) is 14.2 Å². The topological polar surface area (TPSA) is 53.4 Å². The van der Waals surface area contributed by atoms with Gasteiger partial charge in [0.15, 0.2) is 0 Å². The van der Waals surface area contributed by atoms with E-state index in [1.54, 1.807) is 0 Å². The largest absolute Gasteiger partial charge is 0.334 e. The molecule has 1 saturated heterocycles. The SMILES string of the molecule is O=C(NCc1ccccc1Cl)N1CCN(Cc2nc3ccccc3n2Cc2ccc(F)cc2)CC1. The van der Waals surface area contributed by atoms with Gasteiger partial charge in [-0.3, -0.25) is 4.90 Å². The molecule has 8 heteroatoms. The highest BCUT2D eigenvalue weighted by molar-refractivity contribution is 6.31. The molecule has 1 aromatic heterocycles. The number of halogens is 2. The maximum Gasteiger partial charge on any atom is 0.317 e. The molecule has 2 heterocycles. The van der Waals surface area contributed by atoms with Crippen LogP contribution in [0.5, 0.6) is 0 Å². The van der Waals surface area contributed by atoms with Crippen LogP contribution in [0.1, 0.15) is 17.0 Å². The first-order valence-corrected chi connectivity index (χ1v) is 12.1. The minimum Gasteiger partial charge on any atom is -0.334 e. The van der Waals surface area contributed by atoms with E-state index >= 15 is 0 Å². The van der Waals surface area contributed by atoms with Crippen LogP contribution in [0.4, 0.5) is 9.18 Å². The molecule has 1 aliphatic heterocycles. The van der Waals surface area contributed by atoms with Crippen molar-refractivity contribution in [2.75, 3.05) is 26.2 Å². The van der Waals surface area contributed by atoms with Gasteiger partial charge in [-0.15, -0.1) is 0 Å². The zero-order valence-corrected chi connectivity index (χ0v) is 20.1. The van der Waals surface area contributed by atoms with Gasteiger partial charge in [0.1, 0.15) is 11.6 Å². The highest BCUT2D eigenvalue weighted by atomic mass is 35.5. The number of nitrogens with zero attached hydrogens (tertiary/aromatic N) is 4. The monoisotopic (exact) mass is 491 g/mol. The van der Waals surface area contributed by atoms with Gasteiger partial charge >= 0.3 is 6.03 Å². The quantitative estimate of drug-likeness (QED) is 0.417. The number of imidazole rings is 1. The fourth-order valence-electron chi connectivity index (χ4n) is 4.43. The number of hydrogen-bond donors (Lipinski definition) is 1.